The van der Waals surface area contributed by atoms with Crippen LogP contribution in [0.4, 0.5) is 5.95 Å². The summed E-state index contributed by atoms with van der Waals surface area (Å²) in [5.41, 5.74) is 8.59. The first kappa shape index (κ1) is 12.6. The standard InChI is InChI=1S/C13H18N4O/c1-4-17-11-6-5-8(2)7-10(11)15-13(17)16-12(18)9(3)14/h5-7,9H,4,14H2,1-3H3,(H,15,16,18)/t9-/m1/s1. The van der Waals surface area contributed by atoms with Gasteiger partial charge in [0.1, 0.15) is 0 Å². The molecule has 2 aromatic rings. The maximum Gasteiger partial charge on any atom is 0.243 e. The van der Waals surface area contributed by atoms with E-state index in [9.17, 15) is 4.79 Å². The number of aromatic nitrogens is 2. The predicted octanol–water partition coefficient (Wildman–Crippen LogP) is 1.65. The third-order valence-electron chi connectivity index (χ3n) is 2.87. The SMILES string of the molecule is CCn1c(NC(=O)[C@@H](C)N)nc2cc(C)ccc21. The van der Waals surface area contributed by atoms with Crippen molar-refractivity contribution in [1.29, 1.82) is 0 Å². The number of nitrogens with zero attached hydrogens (tertiary/aromatic N) is 2. The molecule has 0 aliphatic heterocycles. The summed E-state index contributed by atoms with van der Waals surface area (Å²) in [6.07, 6.45) is 0. The summed E-state index contributed by atoms with van der Waals surface area (Å²) in [7, 11) is 0. The molecule has 0 saturated heterocycles. The Morgan fingerprint density at radius 1 is 1.56 bits per heavy atom. The number of benzene rings is 1. The molecule has 1 heterocycles. The molecule has 2 rings (SSSR count). The number of nitrogens with two attached hydrogens (primary N) is 1. The number of hydrogen-bond acceptors (Lipinski definition) is 3. The molecule has 0 fully saturated rings. The van der Waals surface area contributed by atoms with Gasteiger partial charge in [-0.05, 0) is 38.5 Å². The second-order valence-electron chi connectivity index (χ2n) is 4.45. The molecule has 0 aliphatic carbocycles. The first-order valence-corrected chi connectivity index (χ1v) is 6.06. The van der Waals surface area contributed by atoms with Crippen molar-refractivity contribution in [1.82, 2.24) is 9.55 Å². The van der Waals surface area contributed by atoms with Gasteiger partial charge in [0.05, 0.1) is 17.1 Å². The highest BCUT2D eigenvalue weighted by Crippen LogP contribution is 2.20. The normalized spacial score (nSPS) is 12.7. The lowest BCUT2D eigenvalue weighted by Gasteiger charge is -2.09. The number of aryl methyl sites for hydroxylation is 2. The zero-order valence-corrected chi connectivity index (χ0v) is 10.9. The van der Waals surface area contributed by atoms with E-state index in [-0.39, 0.29) is 5.91 Å². The monoisotopic (exact) mass is 246 g/mol. The van der Waals surface area contributed by atoms with E-state index < -0.39 is 6.04 Å². The summed E-state index contributed by atoms with van der Waals surface area (Å²) >= 11 is 0. The molecule has 0 aliphatic rings. The van der Waals surface area contributed by atoms with Crippen LogP contribution in [0, 0.1) is 6.92 Å². The molecule has 3 N–H and O–H groups in total. The Kier molecular flexibility index (Phi) is 3.34. The molecule has 0 bridgehead atoms. The number of amides is 1. The Hall–Kier alpha value is -1.88. The molecule has 0 spiro atoms. The van der Waals surface area contributed by atoms with Crippen LogP contribution in [0.2, 0.25) is 0 Å². The molecule has 1 atom stereocenters. The van der Waals surface area contributed by atoms with Crippen molar-refractivity contribution < 1.29 is 4.79 Å². The number of rotatable bonds is 3. The summed E-state index contributed by atoms with van der Waals surface area (Å²) in [6, 6.07) is 5.51. The third kappa shape index (κ3) is 2.22. The van der Waals surface area contributed by atoms with Crippen molar-refractivity contribution in [3.05, 3.63) is 23.8 Å². The average molecular weight is 246 g/mol. The minimum Gasteiger partial charge on any atom is -0.320 e. The van der Waals surface area contributed by atoms with Crippen molar-refractivity contribution in [2.24, 2.45) is 5.73 Å². The van der Waals surface area contributed by atoms with Gasteiger partial charge in [0, 0.05) is 6.54 Å². The smallest absolute Gasteiger partial charge is 0.243 e. The van der Waals surface area contributed by atoms with Crippen molar-refractivity contribution in [2.75, 3.05) is 5.32 Å². The van der Waals surface area contributed by atoms with Crippen LogP contribution >= 0.6 is 0 Å². The maximum atomic E-state index is 11.6. The average Bonchev–Trinajstić information content (AvgIpc) is 2.64. The van der Waals surface area contributed by atoms with Gasteiger partial charge < -0.3 is 10.3 Å². The summed E-state index contributed by atoms with van der Waals surface area (Å²) < 4.78 is 1.97. The second-order valence-corrected chi connectivity index (χ2v) is 4.45. The molecular weight excluding hydrogens is 228 g/mol. The Bertz CT molecular complexity index is 586. The first-order valence-electron chi connectivity index (χ1n) is 6.06. The third-order valence-corrected chi connectivity index (χ3v) is 2.87. The summed E-state index contributed by atoms with van der Waals surface area (Å²) in [5, 5.41) is 2.76. The van der Waals surface area contributed by atoms with Gasteiger partial charge >= 0.3 is 0 Å². The van der Waals surface area contributed by atoms with Gasteiger partial charge in [0.25, 0.3) is 0 Å². The van der Waals surface area contributed by atoms with Crippen LogP contribution in [0.15, 0.2) is 18.2 Å². The highest BCUT2D eigenvalue weighted by molar-refractivity contribution is 5.94. The van der Waals surface area contributed by atoms with Crippen LogP contribution in [-0.4, -0.2) is 21.5 Å². The molecule has 5 nitrogen and oxygen atoms in total. The number of anilines is 1. The Morgan fingerprint density at radius 2 is 2.28 bits per heavy atom. The molecule has 18 heavy (non-hydrogen) atoms. The molecule has 0 radical (unpaired) electrons. The van der Waals surface area contributed by atoms with E-state index in [0.717, 1.165) is 23.1 Å². The van der Waals surface area contributed by atoms with E-state index in [2.05, 4.69) is 10.3 Å². The van der Waals surface area contributed by atoms with Crippen LogP contribution in [0.3, 0.4) is 0 Å². The lowest BCUT2D eigenvalue weighted by molar-refractivity contribution is -0.117. The molecule has 1 aromatic carbocycles. The predicted molar refractivity (Wildman–Crippen MR) is 72.4 cm³/mol. The number of nitrogens with one attached hydrogen (secondary N) is 1. The minimum atomic E-state index is -0.545. The summed E-state index contributed by atoms with van der Waals surface area (Å²) in [4.78, 5) is 16.1. The van der Waals surface area contributed by atoms with E-state index in [1.54, 1.807) is 6.92 Å². The lowest BCUT2D eigenvalue weighted by Crippen LogP contribution is -2.33. The van der Waals surface area contributed by atoms with Crippen molar-refractivity contribution in [3.8, 4) is 0 Å². The summed E-state index contributed by atoms with van der Waals surface area (Å²) in [6.45, 7) is 6.43. The van der Waals surface area contributed by atoms with Gasteiger partial charge in [0.2, 0.25) is 11.9 Å². The molecule has 0 unspecified atom stereocenters. The largest absolute Gasteiger partial charge is 0.320 e. The van der Waals surface area contributed by atoms with Gasteiger partial charge in [-0.15, -0.1) is 0 Å². The topological polar surface area (TPSA) is 72.9 Å². The zero-order valence-electron chi connectivity index (χ0n) is 10.9. The molecule has 5 heteroatoms. The lowest BCUT2D eigenvalue weighted by atomic mass is 10.2. The van der Waals surface area contributed by atoms with Gasteiger partial charge in [-0.3, -0.25) is 10.1 Å². The molecule has 1 amide bonds. The maximum absolute atomic E-state index is 11.6. The number of carbonyl (C=O) groups is 1. The van der Waals surface area contributed by atoms with Gasteiger partial charge in [-0.1, -0.05) is 6.07 Å². The van der Waals surface area contributed by atoms with Gasteiger partial charge in [-0.25, -0.2) is 4.98 Å². The Balaban J connectivity index is 2.47. The molecule has 96 valence electrons. The fourth-order valence-electron chi connectivity index (χ4n) is 1.88. The van der Waals surface area contributed by atoms with Crippen LogP contribution < -0.4 is 11.1 Å². The van der Waals surface area contributed by atoms with Crippen LogP contribution in [-0.2, 0) is 11.3 Å². The minimum absolute atomic E-state index is 0.225. The Morgan fingerprint density at radius 3 is 2.89 bits per heavy atom. The highest BCUT2D eigenvalue weighted by atomic mass is 16.2. The first-order chi connectivity index (χ1) is 8.52. The van der Waals surface area contributed by atoms with Crippen molar-refractivity contribution in [2.45, 2.75) is 33.4 Å². The van der Waals surface area contributed by atoms with E-state index in [0.29, 0.717) is 5.95 Å². The number of fused-ring (bicyclic) bond motifs is 1. The molecular formula is C13H18N4O. The van der Waals surface area contributed by atoms with E-state index in [1.807, 2.05) is 36.6 Å². The second kappa shape index (κ2) is 4.78. The fraction of sp³-hybridized carbons (Fsp3) is 0.385. The summed E-state index contributed by atoms with van der Waals surface area (Å²) in [5.74, 6) is 0.331. The van der Waals surface area contributed by atoms with Crippen molar-refractivity contribution >= 4 is 22.9 Å². The fourth-order valence-corrected chi connectivity index (χ4v) is 1.88. The number of imidazole rings is 1. The quantitative estimate of drug-likeness (QED) is 0.864. The zero-order chi connectivity index (χ0) is 13.3. The van der Waals surface area contributed by atoms with Crippen LogP contribution in [0.25, 0.3) is 11.0 Å². The molecule has 1 aromatic heterocycles. The number of hydrogen-bond donors (Lipinski definition) is 2. The van der Waals surface area contributed by atoms with Crippen LogP contribution in [0.5, 0.6) is 0 Å². The van der Waals surface area contributed by atoms with E-state index in [4.69, 9.17) is 5.73 Å². The van der Waals surface area contributed by atoms with Gasteiger partial charge in [-0.2, -0.15) is 0 Å². The Labute approximate surface area is 106 Å². The molecule has 0 saturated carbocycles. The van der Waals surface area contributed by atoms with Crippen molar-refractivity contribution in [3.63, 3.8) is 0 Å². The van der Waals surface area contributed by atoms with Crippen LogP contribution in [0.1, 0.15) is 19.4 Å². The number of carbonyl (C=O) groups excluding carboxylic acids is 1. The highest BCUT2D eigenvalue weighted by Gasteiger charge is 2.14. The van der Waals surface area contributed by atoms with E-state index in [1.165, 1.54) is 0 Å². The van der Waals surface area contributed by atoms with Gasteiger partial charge in [0.15, 0.2) is 0 Å². The van der Waals surface area contributed by atoms with E-state index >= 15 is 0 Å².